The number of benzene rings is 1. The van der Waals surface area contributed by atoms with E-state index >= 15 is 0 Å². The van der Waals surface area contributed by atoms with Gasteiger partial charge in [-0.2, -0.15) is 0 Å². The monoisotopic (exact) mass is 293 g/mol. The number of hydrogen-bond donors (Lipinski definition) is 1. The van der Waals surface area contributed by atoms with E-state index in [4.69, 9.17) is 9.47 Å². The van der Waals surface area contributed by atoms with Crippen molar-refractivity contribution in [2.45, 2.75) is 32.4 Å². The molecule has 1 amide bonds. The summed E-state index contributed by atoms with van der Waals surface area (Å²) < 4.78 is 11.0. The van der Waals surface area contributed by atoms with Gasteiger partial charge in [-0.3, -0.25) is 4.79 Å². The molecule has 0 aromatic heterocycles. The van der Waals surface area contributed by atoms with Crippen LogP contribution in [0.2, 0.25) is 0 Å². The number of methoxy groups -OCH3 is 1. The number of aliphatic carboxylic acids is 1. The molecule has 114 valence electrons. The molecule has 1 aliphatic rings. The number of carboxylic acids is 1. The fourth-order valence-corrected chi connectivity index (χ4v) is 2.54. The highest BCUT2D eigenvalue weighted by atomic mass is 16.5. The molecule has 0 radical (unpaired) electrons. The number of fused-ring (bicyclic) bond motifs is 1. The zero-order chi connectivity index (χ0) is 15.6. The van der Waals surface area contributed by atoms with Gasteiger partial charge in [-0.05, 0) is 43.5 Å². The first-order valence-electron chi connectivity index (χ1n) is 6.79. The van der Waals surface area contributed by atoms with Crippen LogP contribution in [0.4, 0.5) is 0 Å². The van der Waals surface area contributed by atoms with E-state index < -0.39 is 12.0 Å². The molecule has 0 saturated carbocycles. The zero-order valence-corrected chi connectivity index (χ0v) is 12.3. The van der Waals surface area contributed by atoms with E-state index in [1.807, 2.05) is 13.8 Å². The average Bonchev–Trinajstić information content (AvgIpc) is 2.44. The Hall–Kier alpha value is -2.24. The Bertz CT molecular complexity index is 555. The van der Waals surface area contributed by atoms with Crippen molar-refractivity contribution in [1.29, 1.82) is 0 Å². The van der Waals surface area contributed by atoms with Crippen molar-refractivity contribution in [3.8, 4) is 11.5 Å². The summed E-state index contributed by atoms with van der Waals surface area (Å²) in [7, 11) is 1.55. The SMILES string of the molecule is COc1cc2c(cc1OC(C)C)C(C(=O)O)N(C=O)CC2. The summed E-state index contributed by atoms with van der Waals surface area (Å²) >= 11 is 0. The van der Waals surface area contributed by atoms with Gasteiger partial charge in [0.25, 0.3) is 0 Å². The van der Waals surface area contributed by atoms with Crippen LogP contribution in [0.5, 0.6) is 11.5 Å². The third kappa shape index (κ3) is 2.94. The number of rotatable bonds is 5. The lowest BCUT2D eigenvalue weighted by molar-refractivity contribution is -0.147. The van der Waals surface area contributed by atoms with Gasteiger partial charge >= 0.3 is 5.97 Å². The smallest absolute Gasteiger partial charge is 0.331 e. The number of nitrogens with zero attached hydrogens (tertiary/aromatic N) is 1. The standard InChI is InChI=1S/C15H19NO5/c1-9(2)21-13-7-11-10(6-12(13)20-3)4-5-16(8-17)14(11)15(18)19/h6-9,14H,4-5H2,1-3H3,(H,18,19). The van der Waals surface area contributed by atoms with E-state index in [1.165, 1.54) is 4.90 Å². The van der Waals surface area contributed by atoms with Crippen molar-refractivity contribution >= 4 is 12.4 Å². The average molecular weight is 293 g/mol. The Labute approximate surface area is 123 Å². The number of carbonyl (C=O) groups is 2. The lowest BCUT2D eigenvalue weighted by Crippen LogP contribution is -2.38. The molecule has 1 aliphatic heterocycles. The molecule has 21 heavy (non-hydrogen) atoms. The Balaban J connectivity index is 2.52. The molecule has 0 spiro atoms. The van der Waals surface area contributed by atoms with Crippen LogP contribution in [-0.2, 0) is 16.0 Å². The molecular weight excluding hydrogens is 274 g/mol. The topological polar surface area (TPSA) is 76.1 Å². The molecule has 1 heterocycles. The second-order valence-corrected chi connectivity index (χ2v) is 5.20. The van der Waals surface area contributed by atoms with Crippen LogP contribution >= 0.6 is 0 Å². The van der Waals surface area contributed by atoms with Crippen LogP contribution in [0.15, 0.2) is 12.1 Å². The molecule has 0 saturated heterocycles. The zero-order valence-electron chi connectivity index (χ0n) is 12.3. The molecule has 1 aromatic carbocycles. The predicted octanol–water partition coefficient (Wildman–Crippen LogP) is 1.62. The van der Waals surface area contributed by atoms with Crippen molar-refractivity contribution in [2.24, 2.45) is 0 Å². The number of ether oxygens (including phenoxy) is 2. The molecule has 1 atom stereocenters. The highest BCUT2D eigenvalue weighted by Gasteiger charge is 2.33. The fraction of sp³-hybridized carbons (Fsp3) is 0.467. The summed E-state index contributed by atoms with van der Waals surface area (Å²) in [5, 5.41) is 9.41. The molecule has 0 aliphatic carbocycles. The van der Waals surface area contributed by atoms with Crippen LogP contribution < -0.4 is 9.47 Å². The van der Waals surface area contributed by atoms with Gasteiger partial charge in [0.15, 0.2) is 17.5 Å². The summed E-state index contributed by atoms with van der Waals surface area (Å²) in [6.07, 6.45) is 1.11. The maximum absolute atomic E-state index is 11.5. The van der Waals surface area contributed by atoms with Gasteiger partial charge in [0, 0.05) is 6.54 Å². The van der Waals surface area contributed by atoms with E-state index in [-0.39, 0.29) is 6.10 Å². The number of carbonyl (C=O) groups excluding carboxylic acids is 1. The van der Waals surface area contributed by atoms with Crippen molar-refractivity contribution in [2.75, 3.05) is 13.7 Å². The minimum absolute atomic E-state index is 0.0639. The van der Waals surface area contributed by atoms with E-state index in [9.17, 15) is 14.7 Å². The molecule has 6 heteroatoms. The molecule has 6 nitrogen and oxygen atoms in total. The van der Waals surface area contributed by atoms with Crippen molar-refractivity contribution < 1.29 is 24.2 Å². The van der Waals surface area contributed by atoms with Gasteiger partial charge in [-0.1, -0.05) is 0 Å². The van der Waals surface area contributed by atoms with Crippen LogP contribution in [0, 0.1) is 0 Å². The summed E-state index contributed by atoms with van der Waals surface area (Å²) in [6, 6.07) is 2.49. The van der Waals surface area contributed by atoms with E-state index in [2.05, 4.69) is 0 Å². The highest BCUT2D eigenvalue weighted by Crippen LogP contribution is 2.38. The normalized spacial score (nSPS) is 17.3. The first-order valence-corrected chi connectivity index (χ1v) is 6.79. The summed E-state index contributed by atoms with van der Waals surface area (Å²) in [5.74, 6) is 0.0140. The van der Waals surface area contributed by atoms with E-state index in [0.29, 0.717) is 36.4 Å². The van der Waals surface area contributed by atoms with Gasteiger partial charge in [0.2, 0.25) is 6.41 Å². The predicted molar refractivity (Wildman–Crippen MR) is 75.6 cm³/mol. The molecule has 1 aromatic rings. The Kier molecular flexibility index (Phi) is 4.35. The van der Waals surface area contributed by atoms with E-state index in [1.54, 1.807) is 19.2 Å². The van der Waals surface area contributed by atoms with Crippen LogP contribution in [0.1, 0.15) is 31.0 Å². The largest absolute Gasteiger partial charge is 0.493 e. The summed E-state index contributed by atoms with van der Waals surface area (Å²) in [4.78, 5) is 23.9. The first kappa shape index (κ1) is 15.2. The van der Waals surface area contributed by atoms with Gasteiger partial charge < -0.3 is 19.5 Å². The van der Waals surface area contributed by atoms with Crippen LogP contribution in [0.25, 0.3) is 0 Å². The quantitative estimate of drug-likeness (QED) is 0.835. The minimum atomic E-state index is -1.05. The van der Waals surface area contributed by atoms with E-state index in [0.717, 1.165) is 5.56 Å². The second-order valence-electron chi connectivity index (χ2n) is 5.20. The minimum Gasteiger partial charge on any atom is -0.493 e. The Morgan fingerprint density at radius 1 is 1.43 bits per heavy atom. The third-order valence-electron chi connectivity index (χ3n) is 3.42. The van der Waals surface area contributed by atoms with Gasteiger partial charge in [-0.15, -0.1) is 0 Å². The maximum Gasteiger partial charge on any atom is 0.331 e. The van der Waals surface area contributed by atoms with Gasteiger partial charge in [-0.25, -0.2) is 4.79 Å². The molecule has 1 N–H and O–H groups in total. The lowest BCUT2D eigenvalue weighted by atomic mass is 9.92. The third-order valence-corrected chi connectivity index (χ3v) is 3.42. The number of hydrogen-bond acceptors (Lipinski definition) is 4. The second kappa shape index (κ2) is 6.03. The number of amides is 1. The first-order chi connectivity index (χ1) is 9.97. The summed E-state index contributed by atoms with van der Waals surface area (Å²) in [6.45, 7) is 4.14. The molecular formula is C15H19NO5. The van der Waals surface area contributed by atoms with Crippen molar-refractivity contribution in [3.05, 3.63) is 23.3 Å². The maximum atomic E-state index is 11.5. The molecule has 2 rings (SSSR count). The van der Waals surface area contributed by atoms with Crippen LogP contribution in [-0.4, -0.2) is 42.1 Å². The van der Waals surface area contributed by atoms with Crippen molar-refractivity contribution in [3.63, 3.8) is 0 Å². The van der Waals surface area contributed by atoms with Crippen LogP contribution in [0.3, 0.4) is 0 Å². The Morgan fingerprint density at radius 3 is 2.67 bits per heavy atom. The molecule has 0 fully saturated rings. The lowest BCUT2D eigenvalue weighted by Gasteiger charge is -2.32. The molecule has 1 unspecified atom stereocenters. The summed E-state index contributed by atoms with van der Waals surface area (Å²) in [5.41, 5.74) is 1.45. The number of carboxylic acid groups (broad SMARTS) is 1. The fourth-order valence-electron chi connectivity index (χ4n) is 2.54. The van der Waals surface area contributed by atoms with Crippen molar-refractivity contribution in [1.82, 2.24) is 4.90 Å². The van der Waals surface area contributed by atoms with Gasteiger partial charge in [0.1, 0.15) is 0 Å². The Morgan fingerprint density at radius 2 is 2.14 bits per heavy atom. The van der Waals surface area contributed by atoms with Gasteiger partial charge in [0.05, 0.1) is 13.2 Å². The highest BCUT2D eigenvalue weighted by molar-refractivity contribution is 5.80. The molecule has 0 bridgehead atoms.